The Balaban J connectivity index is 4.92. The third kappa shape index (κ3) is 10.2. The number of primary amides is 1. The molecule has 0 aliphatic heterocycles. The topological polar surface area (TPSA) is 220 Å². The molecule has 12 heteroatoms. The van der Waals surface area contributed by atoms with Gasteiger partial charge in [0.15, 0.2) is 0 Å². The molecule has 0 bridgehead atoms. The number of carbonyl (C=O) groups is 5. The van der Waals surface area contributed by atoms with Gasteiger partial charge in [-0.25, -0.2) is 4.79 Å². The molecule has 0 saturated carbocycles. The summed E-state index contributed by atoms with van der Waals surface area (Å²) in [6.45, 7) is 5.26. The van der Waals surface area contributed by atoms with Crippen molar-refractivity contribution in [3.8, 4) is 0 Å². The average Bonchev–Trinajstić information content (AvgIpc) is 2.64. The van der Waals surface area contributed by atoms with Gasteiger partial charge in [-0.3, -0.25) is 19.2 Å². The van der Waals surface area contributed by atoms with Crippen molar-refractivity contribution < 1.29 is 29.1 Å². The summed E-state index contributed by atoms with van der Waals surface area (Å²) in [5.74, 6) is -4.57. The summed E-state index contributed by atoms with van der Waals surface area (Å²) in [4.78, 5) is 59.1. The van der Waals surface area contributed by atoms with Crippen LogP contribution in [0.2, 0.25) is 0 Å². The van der Waals surface area contributed by atoms with Gasteiger partial charge in [-0.15, -0.1) is 0 Å². The van der Waals surface area contributed by atoms with E-state index in [4.69, 9.17) is 22.3 Å². The number of carboxylic acids is 1. The largest absolute Gasteiger partial charge is 0.480 e. The van der Waals surface area contributed by atoms with Crippen molar-refractivity contribution in [2.75, 3.05) is 6.54 Å². The molecular formula is C18H34N6O6. The van der Waals surface area contributed by atoms with E-state index in [1.807, 2.05) is 0 Å². The zero-order valence-corrected chi connectivity index (χ0v) is 17.6. The second kappa shape index (κ2) is 13.5. The number of hydrogen-bond donors (Lipinski definition) is 7. The Morgan fingerprint density at radius 2 is 1.50 bits per heavy atom. The van der Waals surface area contributed by atoms with Gasteiger partial charge in [-0.1, -0.05) is 20.3 Å². The quantitative estimate of drug-likeness (QED) is 0.146. The Morgan fingerprint density at radius 3 is 1.97 bits per heavy atom. The molecular weight excluding hydrogens is 396 g/mol. The van der Waals surface area contributed by atoms with Gasteiger partial charge >= 0.3 is 5.97 Å². The van der Waals surface area contributed by atoms with Crippen molar-refractivity contribution in [3.05, 3.63) is 0 Å². The number of nitrogens with one attached hydrogen (secondary N) is 3. The maximum Gasteiger partial charge on any atom is 0.326 e. The van der Waals surface area contributed by atoms with Crippen LogP contribution in [0.1, 0.15) is 46.5 Å². The average molecular weight is 431 g/mol. The molecule has 4 atom stereocenters. The molecule has 0 aliphatic rings. The van der Waals surface area contributed by atoms with E-state index in [0.29, 0.717) is 19.4 Å². The predicted molar refractivity (Wildman–Crippen MR) is 109 cm³/mol. The van der Waals surface area contributed by atoms with Crippen molar-refractivity contribution >= 4 is 29.6 Å². The normalized spacial score (nSPS) is 14.9. The van der Waals surface area contributed by atoms with Crippen LogP contribution in [0.15, 0.2) is 0 Å². The number of unbranched alkanes of at least 4 members (excludes halogenated alkanes) is 1. The van der Waals surface area contributed by atoms with Crippen LogP contribution < -0.4 is 33.2 Å². The lowest BCUT2D eigenvalue weighted by atomic mass is 10.0. The number of aliphatic carboxylic acids is 1. The molecule has 0 spiro atoms. The van der Waals surface area contributed by atoms with Crippen molar-refractivity contribution in [2.24, 2.45) is 23.1 Å². The minimum atomic E-state index is -1.51. The van der Waals surface area contributed by atoms with Gasteiger partial charge in [0.1, 0.15) is 18.1 Å². The highest BCUT2D eigenvalue weighted by atomic mass is 16.4. The van der Waals surface area contributed by atoms with Gasteiger partial charge < -0.3 is 38.3 Å². The molecule has 0 aromatic carbocycles. The van der Waals surface area contributed by atoms with Gasteiger partial charge in [0.05, 0.1) is 12.5 Å². The first-order chi connectivity index (χ1) is 13.9. The number of hydrogen-bond acceptors (Lipinski definition) is 7. The fraction of sp³-hybridized carbons (Fsp3) is 0.722. The maximum atomic E-state index is 12.6. The van der Waals surface area contributed by atoms with Gasteiger partial charge in [0.2, 0.25) is 23.6 Å². The van der Waals surface area contributed by atoms with Crippen LogP contribution in [0, 0.1) is 5.92 Å². The summed E-state index contributed by atoms with van der Waals surface area (Å²) >= 11 is 0. The van der Waals surface area contributed by atoms with Crippen molar-refractivity contribution in [1.82, 2.24) is 16.0 Å². The number of nitrogens with two attached hydrogens (primary N) is 3. The van der Waals surface area contributed by atoms with Gasteiger partial charge in [0, 0.05) is 0 Å². The molecule has 4 amide bonds. The highest BCUT2D eigenvalue weighted by molar-refractivity contribution is 5.94. The highest BCUT2D eigenvalue weighted by Gasteiger charge is 2.30. The molecule has 0 fully saturated rings. The van der Waals surface area contributed by atoms with Crippen molar-refractivity contribution in [2.45, 2.75) is 70.6 Å². The summed E-state index contributed by atoms with van der Waals surface area (Å²) in [6.07, 6.45) is 1.24. The maximum absolute atomic E-state index is 12.6. The van der Waals surface area contributed by atoms with Gasteiger partial charge in [-0.05, 0) is 32.2 Å². The summed E-state index contributed by atoms with van der Waals surface area (Å²) in [7, 11) is 0. The lowest BCUT2D eigenvalue weighted by molar-refractivity contribution is -0.143. The minimum absolute atomic E-state index is 0.304. The lowest BCUT2D eigenvalue weighted by Crippen LogP contribution is -2.57. The molecule has 0 heterocycles. The summed E-state index contributed by atoms with van der Waals surface area (Å²) in [5.41, 5.74) is 16.2. The summed E-state index contributed by atoms with van der Waals surface area (Å²) < 4.78 is 0. The Morgan fingerprint density at radius 1 is 0.900 bits per heavy atom. The highest BCUT2D eigenvalue weighted by Crippen LogP contribution is 2.05. The summed E-state index contributed by atoms with van der Waals surface area (Å²) in [6, 6.07) is -4.38. The smallest absolute Gasteiger partial charge is 0.326 e. The molecule has 12 nitrogen and oxygen atoms in total. The third-order valence-electron chi connectivity index (χ3n) is 4.32. The first-order valence-electron chi connectivity index (χ1n) is 9.78. The van der Waals surface area contributed by atoms with Crippen LogP contribution in [-0.2, 0) is 24.0 Å². The molecule has 0 aromatic rings. The molecule has 0 aliphatic carbocycles. The zero-order chi connectivity index (χ0) is 23.4. The van der Waals surface area contributed by atoms with Crippen LogP contribution >= 0.6 is 0 Å². The molecule has 0 rings (SSSR count). The number of carboxylic acid groups (broad SMARTS) is 1. The van der Waals surface area contributed by atoms with Gasteiger partial charge in [0.25, 0.3) is 0 Å². The molecule has 172 valence electrons. The van der Waals surface area contributed by atoms with E-state index in [9.17, 15) is 24.0 Å². The second-order valence-corrected chi connectivity index (χ2v) is 7.42. The van der Waals surface area contributed by atoms with E-state index in [2.05, 4.69) is 16.0 Å². The molecule has 10 N–H and O–H groups in total. The molecule has 0 aromatic heterocycles. The van der Waals surface area contributed by atoms with E-state index < -0.39 is 60.2 Å². The standard InChI is InChI=1S/C18H34N6O6/c1-9(2)14(24-16(27)11(20)6-4-5-7-19)17(28)22-10(3)15(26)23-12(18(29)30)8-13(21)25/h9-12,14H,4-8,19-20H2,1-3H3,(H2,21,25)(H,22,28)(H,23,26)(H,24,27)(H,29,30). The zero-order valence-electron chi connectivity index (χ0n) is 17.6. The van der Waals surface area contributed by atoms with Crippen molar-refractivity contribution in [3.63, 3.8) is 0 Å². The SMILES string of the molecule is CC(NC(=O)C(NC(=O)C(N)CCCCN)C(C)C)C(=O)NC(CC(N)=O)C(=O)O. The van der Waals surface area contributed by atoms with E-state index in [0.717, 1.165) is 6.42 Å². The number of carbonyl (C=O) groups excluding carboxylic acids is 4. The fourth-order valence-corrected chi connectivity index (χ4v) is 2.50. The molecule has 30 heavy (non-hydrogen) atoms. The Hall–Kier alpha value is -2.73. The van der Waals surface area contributed by atoms with Crippen LogP contribution in [0.4, 0.5) is 0 Å². The first kappa shape index (κ1) is 27.3. The van der Waals surface area contributed by atoms with Crippen molar-refractivity contribution in [1.29, 1.82) is 0 Å². The van der Waals surface area contributed by atoms with E-state index >= 15 is 0 Å². The van der Waals surface area contributed by atoms with E-state index in [1.165, 1.54) is 6.92 Å². The number of rotatable bonds is 14. The van der Waals surface area contributed by atoms with Gasteiger partial charge in [-0.2, -0.15) is 0 Å². The van der Waals surface area contributed by atoms with Crippen LogP contribution in [0.5, 0.6) is 0 Å². The van der Waals surface area contributed by atoms with Crippen LogP contribution in [-0.4, -0.2) is 65.4 Å². The minimum Gasteiger partial charge on any atom is -0.480 e. The molecule has 0 radical (unpaired) electrons. The Bertz CT molecular complexity index is 626. The third-order valence-corrected chi connectivity index (χ3v) is 4.32. The van der Waals surface area contributed by atoms with E-state index in [1.54, 1.807) is 13.8 Å². The summed E-state index contributed by atoms with van der Waals surface area (Å²) in [5, 5.41) is 16.2. The first-order valence-corrected chi connectivity index (χ1v) is 9.78. The predicted octanol–water partition coefficient (Wildman–Crippen LogP) is -2.47. The number of amides is 4. The molecule has 0 saturated heterocycles. The lowest BCUT2D eigenvalue weighted by Gasteiger charge is -2.25. The molecule has 4 unspecified atom stereocenters. The fourth-order valence-electron chi connectivity index (χ4n) is 2.50. The Kier molecular flexibility index (Phi) is 12.3. The monoisotopic (exact) mass is 430 g/mol. The van der Waals surface area contributed by atoms with Crippen LogP contribution in [0.3, 0.4) is 0 Å². The Labute approximate surface area is 175 Å². The second-order valence-electron chi connectivity index (χ2n) is 7.42. The van der Waals surface area contributed by atoms with Crippen LogP contribution in [0.25, 0.3) is 0 Å². The van der Waals surface area contributed by atoms with E-state index in [-0.39, 0.29) is 5.92 Å².